The van der Waals surface area contributed by atoms with Crippen LogP contribution in [0, 0.1) is 5.92 Å². The third-order valence-electron chi connectivity index (χ3n) is 3.54. The molecule has 0 aromatic heterocycles. The van der Waals surface area contributed by atoms with E-state index in [0.717, 1.165) is 48.6 Å². The van der Waals surface area contributed by atoms with Gasteiger partial charge >= 0.3 is 0 Å². The molecule has 1 fully saturated rings. The van der Waals surface area contributed by atoms with Gasteiger partial charge in [-0.05, 0) is 37.0 Å². The highest BCUT2D eigenvalue weighted by Gasteiger charge is 2.28. The van der Waals surface area contributed by atoms with Gasteiger partial charge in [-0.1, -0.05) is 15.9 Å². The van der Waals surface area contributed by atoms with Crippen LogP contribution in [0.4, 0.5) is 5.69 Å². The topological polar surface area (TPSA) is 30.5 Å². The number of rotatable bonds is 1. The SMILES string of the molecule is Brc1ccc2c(c1)OCC(C1CCOCC1)N2. The molecule has 0 radical (unpaired) electrons. The van der Waals surface area contributed by atoms with E-state index in [4.69, 9.17) is 9.47 Å². The minimum atomic E-state index is 0.424. The second-order valence-corrected chi connectivity index (χ2v) is 5.57. The Morgan fingerprint density at radius 1 is 1.24 bits per heavy atom. The number of nitrogens with one attached hydrogen (secondary N) is 1. The molecule has 2 aliphatic heterocycles. The molecule has 4 heteroatoms. The highest BCUT2D eigenvalue weighted by Crippen LogP contribution is 2.34. The first-order valence-corrected chi connectivity index (χ1v) is 6.89. The van der Waals surface area contributed by atoms with Crippen LogP contribution in [0.3, 0.4) is 0 Å². The summed E-state index contributed by atoms with van der Waals surface area (Å²) in [6.45, 7) is 2.53. The molecule has 0 aliphatic carbocycles. The molecular weight excluding hydrogens is 282 g/mol. The number of fused-ring (bicyclic) bond motifs is 1. The Morgan fingerprint density at radius 2 is 2.06 bits per heavy atom. The molecule has 2 heterocycles. The average Bonchev–Trinajstić information content (AvgIpc) is 2.39. The van der Waals surface area contributed by atoms with Gasteiger partial charge in [-0.15, -0.1) is 0 Å². The van der Waals surface area contributed by atoms with E-state index in [1.807, 2.05) is 12.1 Å². The Bertz CT molecular complexity index is 404. The number of anilines is 1. The maximum absolute atomic E-state index is 5.84. The Morgan fingerprint density at radius 3 is 2.88 bits per heavy atom. The van der Waals surface area contributed by atoms with Crippen LogP contribution in [0.1, 0.15) is 12.8 Å². The van der Waals surface area contributed by atoms with E-state index in [-0.39, 0.29) is 0 Å². The zero-order chi connectivity index (χ0) is 11.7. The largest absolute Gasteiger partial charge is 0.489 e. The van der Waals surface area contributed by atoms with Gasteiger partial charge < -0.3 is 14.8 Å². The van der Waals surface area contributed by atoms with Gasteiger partial charge in [-0.2, -0.15) is 0 Å². The summed E-state index contributed by atoms with van der Waals surface area (Å²) in [7, 11) is 0. The van der Waals surface area contributed by atoms with Crippen molar-refractivity contribution in [3.63, 3.8) is 0 Å². The van der Waals surface area contributed by atoms with Crippen LogP contribution in [-0.2, 0) is 4.74 Å². The fourth-order valence-corrected chi connectivity index (χ4v) is 2.87. The molecular formula is C13H16BrNO2. The first-order valence-electron chi connectivity index (χ1n) is 6.09. The van der Waals surface area contributed by atoms with E-state index in [9.17, 15) is 0 Å². The lowest BCUT2D eigenvalue weighted by Crippen LogP contribution is -2.40. The Hall–Kier alpha value is -0.740. The Balaban J connectivity index is 1.73. The lowest BCUT2D eigenvalue weighted by Gasteiger charge is -2.35. The third-order valence-corrected chi connectivity index (χ3v) is 4.03. The van der Waals surface area contributed by atoms with Crippen molar-refractivity contribution in [2.45, 2.75) is 18.9 Å². The summed E-state index contributed by atoms with van der Waals surface area (Å²) in [6, 6.07) is 6.56. The minimum Gasteiger partial charge on any atom is -0.489 e. The normalized spacial score (nSPS) is 24.6. The highest BCUT2D eigenvalue weighted by atomic mass is 79.9. The van der Waals surface area contributed by atoms with Gasteiger partial charge in [0, 0.05) is 17.7 Å². The zero-order valence-electron chi connectivity index (χ0n) is 9.62. The number of hydrogen-bond donors (Lipinski definition) is 1. The molecule has 1 aromatic rings. The van der Waals surface area contributed by atoms with E-state index in [2.05, 4.69) is 27.3 Å². The Labute approximate surface area is 110 Å². The van der Waals surface area contributed by atoms with Crippen LogP contribution in [0.2, 0.25) is 0 Å². The second-order valence-electron chi connectivity index (χ2n) is 4.65. The minimum absolute atomic E-state index is 0.424. The zero-order valence-corrected chi connectivity index (χ0v) is 11.2. The summed E-state index contributed by atoms with van der Waals surface area (Å²) in [5.74, 6) is 1.61. The van der Waals surface area contributed by atoms with Crippen molar-refractivity contribution in [1.82, 2.24) is 0 Å². The third kappa shape index (κ3) is 2.43. The predicted octanol–water partition coefficient (Wildman–Crippen LogP) is 3.05. The fourth-order valence-electron chi connectivity index (χ4n) is 2.53. The summed E-state index contributed by atoms with van der Waals surface area (Å²) in [4.78, 5) is 0. The second kappa shape index (κ2) is 4.86. The molecule has 17 heavy (non-hydrogen) atoms. The van der Waals surface area contributed by atoms with E-state index in [1.54, 1.807) is 0 Å². The van der Waals surface area contributed by atoms with Gasteiger partial charge in [-0.3, -0.25) is 0 Å². The van der Waals surface area contributed by atoms with Crippen molar-refractivity contribution >= 4 is 21.6 Å². The Kier molecular flexibility index (Phi) is 3.25. The van der Waals surface area contributed by atoms with Gasteiger partial charge in [0.2, 0.25) is 0 Å². The summed E-state index contributed by atoms with van der Waals surface area (Å²) >= 11 is 3.46. The number of ether oxygens (including phenoxy) is 2. The molecule has 0 bridgehead atoms. The lowest BCUT2D eigenvalue weighted by molar-refractivity contribution is 0.0536. The van der Waals surface area contributed by atoms with E-state index in [1.165, 1.54) is 0 Å². The van der Waals surface area contributed by atoms with Crippen molar-refractivity contribution in [3.8, 4) is 5.75 Å². The number of benzene rings is 1. The number of halogens is 1. The van der Waals surface area contributed by atoms with Gasteiger partial charge in [0.05, 0.1) is 11.7 Å². The van der Waals surface area contributed by atoms with Gasteiger partial charge in [0.1, 0.15) is 12.4 Å². The van der Waals surface area contributed by atoms with Crippen molar-refractivity contribution in [2.75, 3.05) is 25.1 Å². The molecule has 3 rings (SSSR count). The van der Waals surface area contributed by atoms with Crippen molar-refractivity contribution < 1.29 is 9.47 Å². The maximum atomic E-state index is 5.84. The molecule has 1 N–H and O–H groups in total. The summed E-state index contributed by atoms with van der Waals surface area (Å²) in [6.07, 6.45) is 2.26. The van der Waals surface area contributed by atoms with Crippen LogP contribution < -0.4 is 10.1 Å². The standard InChI is InChI=1S/C13H16BrNO2/c14-10-1-2-11-13(7-10)17-8-12(15-11)9-3-5-16-6-4-9/h1-2,7,9,12,15H,3-6,8H2. The first kappa shape index (κ1) is 11.4. The molecule has 1 saturated heterocycles. The van der Waals surface area contributed by atoms with Gasteiger partial charge in [-0.25, -0.2) is 0 Å². The fraction of sp³-hybridized carbons (Fsp3) is 0.538. The van der Waals surface area contributed by atoms with E-state index < -0.39 is 0 Å². The van der Waals surface area contributed by atoms with Crippen LogP contribution in [-0.4, -0.2) is 25.9 Å². The average molecular weight is 298 g/mol. The number of hydrogen-bond acceptors (Lipinski definition) is 3. The van der Waals surface area contributed by atoms with Crippen LogP contribution in [0.25, 0.3) is 0 Å². The van der Waals surface area contributed by atoms with Crippen molar-refractivity contribution in [1.29, 1.82) is 0 Å². The van der Waals surface area contributed by atoms with Crippen LogP contribution in [0.15, 0.2) is 22.7 Å². The molecule has 1 aromatic carbocycles. The van der Waals surface area contributed by atoms with Crippen molar-refractivity contribution in [2.24, 2.45) is 5.92 Å². The maximum Gasteiger partial charge on any atom is 0.143 e. The van der Waals surface area contributed by atoms with Gasteiger partial charge in [0.25, 0.3) is 0 Å². The molecule has 3 nitrogen and oxygen atoms in total. The molecule has 2 aliphatic rings. The predicted molar refractivity (Wildman–Crippen MR) is 70.6 cm³/mol. The van der Waals surface area contributed by atoms with E-state index >= 15 is 0 Å². The quantitative estimate of drug-likeness (QED) is 0.864. The summed E-state index contributed by atoms with van der Waals surface area (Å²) in [5, 5.41) is 3.59. The molecule has 1 unspecified atom stereocenters. The molecule has 1 atom stereocenters. The highest BCUT2D eigenvalue weighted by molar-refractivity contribution is 9.10. The van der Waals surface area contributed by atoms with Gasteiger partial charge in [0.15, 0.2) is 0 Å². The van der Waals surface area contributed by atoms with Crippen LogP contribution in [0.5, 0.6) is 5.75 Å². The van der Waals surface area contributed by atoms with E-state index in [0.29, 0.717) is 12.0 Å². The summed E-state index contributed by atoms with van der Waals surface area (Å²) < 4.78 is 12.3. The summed E-state index contributed by atoms with van der Waals surface area (Å²) in [5.41, 5.74) is 1.11. The smallest absolute Gasteiger partial charge is 0.143 e. The molecule has 0 amide bonds. The molecule has 92 valence electrons. The lowest BCUT2D eigenvalue weighted by atomic mass is 9.91. The van der Waals surface area contributed by atoms with Crippen molar-refractivity contribution in [3.05, 3.63) is 22.7 Å². The monoisotopic (exact) mass is 297 g/mol. The molecule has 0 saturated carbocycles. The van der Waals surface area contributed by atoms with Crippen LogP contribution >= 0.6 is 15.9 Å². The first-order chi connectivity index (χ1) is 8.33. The molecule has 0 spiro atoms.